The van der Waals surface area contributed by atoms with Gasteiger partial charge in [-0.1, -0.05) is 12.1 Å². The second-order valence-electron chi connectivity index (χ2n) is 6.96. The molecule has 2 fully saturated rings. The van der Waals surface area contributed by atoms with E-state index in [0.717, 1.165) is 4.90 Å². The van der Waals surface area contributed by atoms with Crippen LogP contribution < -0.4 is 20.7 Å². The van der Waals surface area contributed by atoms with Crippen LogP contribution in [0, 0.1) is 5.92 Å². The number of benzene rings is 1. The lowest BCUT2D eigenvalue weighted by Gasteiger charge is -2.22. The van der Waals surface area contributed by atoms with Gasteiger partial charge in [0.25, 0.3) is 5.91 Å². The molecule has 0 bridgehead atoms. The summed E-state index contributed by atoms with van der Waals surface area (Å²) >= 11 is 0. The third-order valence-corrected chi connectivity index (χ3v) is 5.11. The molecule has 2 aliphatic heterocycles. The van der Waals surface area contributed by atoms with E-state index in [1.165, 1.54) is 0 Å². The predicted octanol–water partition coefficient (Wildman–Crippen LogP) is -0.841. The van der Waals surface area contributed by atoms with Crippen LogP contribution in [-0.2, 0) is 15.1 Å². The number of carbonyl (C=O) groups excluding carboxylic acids is 3. The zero-order valence-electron chi connectivity index (χ0n) is 15.3. The van der Waals surface area contributed by atoms with Gasteiger partial charge in [0.05, 0.1) is 13.2 Å². The van der Waals surface area contributed by atoms with E-state index < -0.39 is 29.5 Å². The van der Waals surface area contributed by atoms with Crippen molar-refractivity contribution in [3.8, 4) is 5.75 Å². The lowest BCUT2D eigenvalue weighted by Crippen LogP contribution is -2.44. The second-order valence-corrected chi connectivity index (χ2v) is 6.96. The van der Waals surface area contributed by atoms with Crippen molar-refractivity contribution in [3.63, 3.8) is 0 Å². The summed E-state index contributed by atoms with van der Waals surface area (Å²) in [5.41, 5.74) is -0.639. The van der Waals surface area contributed by atoms with Crippen LogP contribution in [-0.4, -0.2) is 67.2 Å². The molecule has 3 rings (SSSR count). The summed E-state index contributed by atoms with van der Waals surface area (Å²) < 4.78 is 5.11. The van der Waals surface area contributed by atoms with Crippen LogP contribution in [0.4, 0.5) is 4.79 Å². The highest BCUT2D eigenvalue weighted by Gasteiger charge is 2.49. The van der Waals surface area contributed by atoms with Crippen LogP contribution in [0.3, 0.4) is 0 Å². The van der Waals surface area contributed by atoms with Gasteiger partial charge in [0.1, 0.15) is 17.8 Å². The van der Waals surface area contributed by atoms with Crippen LogP contribution in [0.5, 0.6) is 5.75 Å². The Kier molecular flexibility index (Phi) is 5.33. The van der Waals surface area contributed by atoms with Crippen molar-refractivity contribution in [1.82, 2.24) is 20.9 Å². The van der Waals surface area contributed by atoms with Gasteiger partial charge in [-0.2, -0.15) is 0 Å². The molecule has 27 heavy (non-hydrogen) atoms. The summed E-state index contributed by atoms with van der Waals surface area (Å²) in [5, 5.41) is 18.1. The molecule has 1 aromatic rings. The minimum absolute atomic E-state index is 0.0818. The van der Waals surface area contributed by atoms with Crippen molar-refractivity contribution >= 4 is 17.8 Å². The fraction of sp³-hybridized carbons (Fsp3) is 0.500. The number of aliphatic hydroxyl groups excluding tert-OH is 1. The van der Waals surface area contributed by atoms with Gasteiger partial charge >= 0.3 is 6.03 Å². The number of nitrogens with one attached hydrogen (secondary N) is 3. The summed E-state index contributed by atoms with van der Waals surface area (Å²) in [6, 6.07) is 6.20. The zero-order chi connectivity index (χ0) is 19.6. The maximum atomic E-state index is 12.8. The number of imide groups is 1. The first-order valence-electron chi connectivity index (χ1n) is 8.79. The third-order valence-electron chi connectivity index (χ3n) is 5.11. The minimum Gasteiger partial charge on any atom is -0.497 e. The van der Waals surface area contributed by atoms with Crippen LogP contribution >= 0.6 is 0 Å². The van der Waals surface area contributed by atoms with Gasteiger partial charge in [0.15, 0.2) is 0 Å². The molecule has 146 valence electrons. The largest absolute Gasteiger partial charge is 0.497 e. The normalized spacial score (nSPS) is 27.6. The number of urea groups is 1. The van der Waals surface area contributed by atoms with E-state index in [2.05, 4.69) is 16.0 Å². The third kappa shape index (κ3) is 3.74. The number of nitrogens with zero attached hydrogens (tertiary/aromatic N) is 1. The van der Waals surface area contributed by atoms with Gasteiger partial charge in [0.2, 0.25) is 5.91 Å². The number of amides is 4. The van der Waals surface area contributed by atoms with Crippen molar-refractivity contribution in [1.29, 1.82) is 0 Å². The fourth-order valence-corrected chi connectivity index (χ4v) is 3.33. The number of rotatable bonds is 6. The lowest BCUT2D eigenvalue weighted by molar-refractivity contribution is -0.134. The second kappa shape index (κ2) is 7.53. The van der Waals surface area contributed by atoms with Crippen molar-refractivity contribution in [2.75, 3.05) is 33.3 Å². The Morgan fingerprint density at radius 1 is 1.33 bits per heavy atom. The first-order chi connectivity index (χ1) is 12.8. The maximum Gasteiger partial charge on any atom is 0.325 e. The smallest absolute Gasteiger partial charge is 0.325 e. The molecule has 3 atom stereocenters. The van der Waals surface area contributed by atoms with Gasteiger partial charge in [-0.15, -0.1) is 0 Å². The van der Waals surface area contributed by atoms with E-state index in [0.29, 0.717) is 24.4 Å². The number of hydrogen-bond acceptors (Lipinski definition) is 6. The number of methoxy groups -OCH3 is 1. The standard InChI is InChI=1S/C18H24N4O5/c1-18(12-3-5-13(27-2)6-4-12)16(25)22(17(26)21-18)10-15(24)20-8-11-7-19-9-14(11)23/h3-6,11,14,19,23H,7-10H2,1-2H3,(H,20,24)(H,21,26). The van der Waals surface area contributed by atoms with Crippen molar-refractivity contribution in [2.24, 2.45) is 5.92 Å². The molecule has 0 aromatic heterocycles. The number of carbonyl (C=O) groups is 3. The van der Waals surface area contributed by atoms with Crippen LogP contribution in [0.25, 0.3) is 0 Å². The molecule has 0 radical (unpaired) electrons. The first kappa shape index (κ1) is 19.1. The molecule has 0 spiro atoms. The highest BCUT2D eigenvalue weighted by molar-refractivity contribution is 6.09. The molecule has 9 heteroatoms. The topological polar surface area (TPSA) is 120 Å². The summed E-state index contributed by atoms with van der Waals surface area (Å²) in [6.07, 6.45) is -0.514. The Balaban J connectivity index is 1.63. The Hall–Kier alpha value is -2.65. The van der Waals surface area contributed by atoms with E-state index in [1.807, 2.05) is 0 Å². The summed E-state index contributed by atoms with van der Waals surface area (Å²) in [7, 11) is 1.54. The van der Waals surface area contributed by atoms with E-state index in [-0.39, 0.29) is 19.0 Å². The van der Waals surface area contributed by atoms with E-state index in [4.69, 9.17) is 4.74 Å². The first-order valence-corrected chi connectivity index (χ1v) is 8.79. The van der Waals surface area contributed by atoms with Crippen molar-refractivity contribution in [3.05, 3.63) is 29.8 Å². The Morgan fingerprint density at radius 2 is 2.04 bits per heavy atom. The number of β-amino-alcohol motifs (C(OH)–C–C–N with tert-alkyl or cyclic N) is 1. The molecule has 3 unspecified atom stereocenters. The maximum absolute atomic E-state index is 12.8. The molecule has 4 N–H and O–H groups in total. The monoisotopic (exact) mass is 376 g/mol. The van der Waals surface area contributed by atoms with E-state index >= 15 is 0 Å². The number of ether oxygens (including phenoxy) is 1. The zero-order valence-corrected chi connectivity index (χ0v) is 15.3. The number of hydrogen-bond donors (Lipinski definition) is 4. The summed E-state index contributed by atoms with van der Waals surface area (Å²) in [6.45, 7) is 2.63. The fourth-order valence-electron chi connectivity index (χ4n) is 3.33. The van der Waals surface area contributed by atoms with Crippen LogP contribution in [0.15, 0.2) is 24.3 Å². The Labute approximate surface area is 157 Å². The van der Waals surface area contributed by atoms with E-state index in [9.17, 15) is 19.5 Å². The van der Waals surface area contributed by atoms with Crippen molar-refractivity contribution in [2.45, 2.75) is 18.6 Å². The molecule has 2 saturated heterocycles. The number of aliphatic hydroxyl groups is 1. The SMILES string of the molecule is COc1ccc(C2(C)NC(=O)N(CC(=O)NCC3CNCC3O)C2=O)cc1. The van der Waals surface area contributed by atoms with Gasteiger partial charge in [-0.3, -0.25) is 14.5 Å². The molecule has 2 aliphatic rings. The van der Waals surface area contributed by atoms with Gasteiger partial charge in [-0.05, 0) is 24.6 Å². The average Bonchev–Trinajstić information content (AvgIpc) is 3.16. The summed E-state index contributed by atoms with van der Waals surface area (Å²) in [5.74, 6) is -0.382. The Bertz CT molecular complexity index is 738. The van der Waals surface area contributed by atoms with Gasteiger partial charge < -0.3 is 25.8 Å². The molecule has 9 nitrogen and oxygen atoms in total. The van der Waals surface area contributed by atoms with Crippen molar-refractivity contribution < 1.29 is 24.2 Å². The van der Waals surface area contributed by atoms with Crippen LogP contribution in [0.1, 0.15) is 12.5 Å². The van der Waals surface area contributed by atoms with Gasteiger partial charge in [0, 0.05) is 25.6 Å². The molecular formula is C18H24N4O5. The molecule has 0 aliphatic carbocycles. The van der Waals surface area contributed by atoms with Crippen LogP contribution in [0.2, 0.25) is 0 Å². The molecule has 4 amide bonds. The minimum atomic E-state index is -1.24. The average molecular weight is 376 g/mol. The summed E-state index contributed by atoms with van der Waals surface area (Å²) in [4.78, 5) is 38.2. The molecule has 2 heterocycles. The van der Waals surface area contributed by atoms with E-state index in [1.54, 1.807) is 38.3 Å². The highest BCUT2D eigenvalue weighted by Crippen LogP contribution is 2.29. The molecule has 1 aromatic carbocycles. The lowest BCUT2D eigenvalue weighted by atomic mass is 9.92. The quantitative estimate of drug-likeness (QED) is 0.481. The Morgan fingerprint density at radius 3 is 2.63 bits per heavy atom. The molecular weight excluding hydrogens is 352 g/mol. The van der Waals surface area contributed by atoms with Gasteiger partial charge in [-0.25, -0.2) is 4.79 Å². The molecule has 0 saturated carbocycles. The predicted molar refractivity (Wildman–Crippen MR) is 96.0 cm³/mol. The highest BCUT2D eigenvalue weighted by atomic mass is 16.5.